The molecular formula is C24H31N4O+. The molecule has 4 rings (SSSR count). The van der Waals surface area contributed by atoms with E-state index in [0.29, 0.717) is 6.42 Å². The van der Waals surface area contributed by atoms with Crippen molar-refractivity contribution in [3.63, 3.8) is 0 Å². The van der Waals surface area contributed by atoms with Crippen molar-refractivity contribution in [3.05, 3.63) is 65.7 Å². The molecule has 152 valence electrons. The molecule has 0 unspecified atom stereocenters. The van der Waals surface area contributed by atoms with E-state index in [1.165, 1.54) is 28.1 Å². The molecule has 1 aliphatic carbocycles. The van der Waals surface area contributed by atoms with E-state index >= 15 is 0 Å². The first kappa shape index (κ1) is 19.6. The third-order valence-electron chi connectivity index (χ3n) is 6.05. The predicted octanol–water partition coefficient (Wildman–Crippen LogP) is 2.03. The minimum Gasteiger partial charge on any atom is -0.360 e. The lowest BCUT2D eigenvalue weighted by molar-refractivity contribution is -0.900. The maximum absolute atomic E-state index is 12.4. The van der Waals surface area contributed by atoms with Gasteiger partial charge in [-0.05, 0) is 43.4 Å². The maximum atomic E-state index is 12.4. The molecule has 0 atom stereocenters. The average molecular weight is 392 g/mol. The fraction of sp³-hybridized carbons (Fsp3) is 0.417. The summed E-state index contributed by atoms with van der Waals surface area (Å²) >= 11 is 0. The van der Waals surface area contributed by atoms with Crippen LogP contribution in [0.4, 0.5) is 5.69 Å². The minimum absolute atomic E-state index is 0.0252. The first-order chi connectivity index (χ1) is 14.3. The monoisotopic (exact) mass is 391 g/mol. The van der Waals surface area contributed by atoms with Crippen molar-refractivity contribution < 1.29 is 9.69 Å². The zero-order valence-corrected chi connectivity index (χ0v) is 17.1. The molecule has 0 saturated carbocycles. The van der Waals surface area contributed by atoms with Crippen molar-refractivity contribution in [3.8, 4) is 0 Å². The van der Waals surface area contributed by atoms with Crippen LogP contribution in [-0.4, -0.2) is 44.3 Å². The molecule has 1 heterocycles. The van der Waals surface area contributed by atoms with Gasteiger partial charge in [0.2, 0.25) is 5.91 Å². The fourth-order valence-corrected chi connectivity index (χ4v) is 4.32. The Kier molecular flexibility index (Phi) is 6.57. The van der Waals surface area contributed by atoms with Crippen LogP contribution in [-0.2, 0) is 11.2 Å². The van der Waals surface area contributed by atoms with Crippen LogP contribution in [0.2, 0.25) is 0 Å². The molecule has 2 aliphatic rings. The largest absolute Gasteiger partial charge is 0.360 e. The maximum Gasteiger partial charge on any atom is 0.245 e. The van der Waals surface area contributed by atoms with Crippen molar-refractivity contribution in [2.75, 3.05) is 37.6 Å². The Bertz CT molecular complexity index is 841. The number of amides is 1. The van der Waals surface area contributed by atoms with Crippen molar-refractivity contribution in [2.24, 2.45) is 5.10 Å². The third kappa shape index (κ3) is 5.24. The van der Waals surface area contributed by atoms with Gasteiger partial charge in [0, 0.05) is 11.3 Å². The van der Waals surface area contributed by atoms with Crippen LogP contribution in [0.3, 0.4) is 0 Å². The van der Waals surface area contributed by atoms with Gasteiger partial charge in [-0.1, -0.05) is 42.5 Å². The van der Waals surface area contributed by atoms with E-state index in [1.807, 2.05) is 0 Å². The summed E-state index contributed by atoms with van der Waals surface area (Å²) in [5.41, 5.74) is 7.69. The highest BCUT2D eigenvalue weighted by Crippen LogP contribution is 2.20. The number of aryl methyl sites for hydroxylation is 1. The Morgan fingerprint density at radius 3 is 2.52 bits per heavy atom. The van der Waals surface area contributed by atoms with Gasteiger partial charge >= 0.3 is 0 Å². The summed E-state index contributed by atoms with van der Waals surface area (Å²) in [4.78, 5) is 16.3. The number of nitrogens with zero attached hydrogens (tertiary/aromatic N) is 2. The zero-order valence-electron chi connectivity index (χ0n) is 17.1. The molecule has 0 bridgehead atoms. The summed E-state index contributed by atoms with van der Waals surface area (Å²) in [7, 11) is 0. The van der Waals surface area contributed by atoms with Gasteiger partial charge in [-0.3, -0.25) is 4.79 Å². The van der Waals surface area contributed by atoms with Gasteiger partial charge in [0.05, 0.1) is 44.9 Å². The molecular weight excluding hydrogens is 360 g/mol. The van der Waals surface area contributed by atoms with Gasteiger partial charge in [0.1, 0.15) is 0 Å². The normalized spacial score (nSPS) is 18.9. The van der Waals surface area contributed by atoms with Crippen LogP contribution in [0.25, 0.3) is 0 Å². The Hall–Kier alpha value is -2.66. The molecule has 1 amide bonds. The number of para-hydroxylation sites is 1. The molecule has 2 N–H and O–H groups in total. The van der Waals surface area contributed by atoms with Crippen molar-refractivity contribution in [1.29, 1.82) is 0 Å². The number of hydrogen-bond acceptors (Lipinski definition) is 3. The smallest absolute Gasteiger partial charge is 0.245 e. The summed E-state index contributed by atoms with van der Waals surface area (Å²) in [6.45, 7) is 5.10. The van der Waals surface area contributed by atoms with E-state index in [2.05, 4.69) is 70.0 Å². The van der Waals surface area contributed by atoms with E-state index in [9.17, 15) is 4.79 Å². The van der Waals surface area contributed by atoms with E-state index in [1.54, 1.807) is 0 Å². The summed E-state index contributed by atoms with van der Waals surface area (Å²) < 4.78 is 0. The molecule has 1 fully saturated rings. The number of carbonyl (C=O) groups is 1. The van der Waals surface area contributed by atoms with Crippen LogP contribution >= 0.6 is 0 Å². The minimum atomic E-state index is 0.0252. The standard InChI is InChI=1S/C24H30N4O/c29-24(26-25-23-13-7-5-9-20-8-4-6-12-22(20)23)14-15-27-16-18-28(19-17-27)21-10-2-1-3-11-21/h1-4,6,8,10-12H,5,7,9,13-19H2,(H,26,29)/p+1/b25-23+. The SMILES string of the molecule is O=C(CC[NH+]1CCN(c2ccccc2)CC1)N/N=C1\CCCCc2ccccc21. The van der Waals surface area contributed by atoms with Crippen LogP contribution in [0.15, 0.2) is 59.7 Å². The second-order valence-electron chi connectivity index (χ2n) is 8.03. The van der Waals surface area contributed by atoms with Gasteiger partial charge < -0.3 is 9.80 Å². The van der Waals surface area contributed by atoms with E-state index in [4.69, 9.17) is 0 Å². The molecule has 0 spiro atoms. The Morgan fingerprint density at radius 1 is 0.966 bits per heavy atom. The number of rotatable bonds is 5. The van der Waals surface area contributed by atoms with Crippen molar-refractivity contribution in [2.45, 2.75) is 32.1 Å². The highest BCUT2D eigenvalue weighted by atomic mass is 16.2. The van der Waals surface area contributed by atoms with Gasteiger partial charge in [-0.25, -0.2) is 5.43 Å². The first-order valence-corrected chi connectivity index (χ1v) is 10.9. The number of piperazine rings is 1. The first-order valence-electron chi connectivity index (χ1n) is 10.9. The van der Waals surface area contributed by atoms with Crippen molar-refractivity contribution >= 4 is 17.3 Å². The number of hydrogen-bond donors (Lipinski definition) is 2. The average Bonchev–Trinajstić information content (AvgIpc) is 2.99. The van der Waals surface area contributed by atoms with Gasteiger partial charge in [0.25, 0.3) is 0 Å². The van der Waals surface area contributed by atoms with Crippen LogP contribution in [0.5, 0.6) is 0 Å². The molecule has 0 radical (unpaired) electrons. The number of quaternary nitrogens is 1. The van der Waals surface area contributed by atoms with E-state index in [0.717, 1.165) is 57.7 Å². The summed E-state index contributed by atoms with van der Waals surface area (Å²) in [5, 5.41) is 4.50. The van der Waals surface area contributed by atoms with Crippen molar-refractivity contribution in [1.82, 2.24) is 5.43 Å². The van der Waals surface area contributed by atoms with Gasteiger partial charge in [0.15, 0.2) is 0 Å². The Morgan fingerprint density at radius 2 is 1.69 bits per heavy atom. The lowest BCUT2D eigenvalue weighted by atomic mass is 10.0. The molecule has 2 aromatic carbocycles. The lowest BCUT2D eigenvalue weighted by Gasteiger charge is -2.33. The molecule has 0 aromatic heterocycles. The Balaban J connectivity index is 1.24. The molecule has 1 saturated heterocycles. The molecule has 1 aliphatic heterocycles. The Labute approximate surface area is 173 Å². The number of carbonyl (C=O) groups excluding carboxylic acids is 1. The molecule has 5 nitrogen and oxygen atoms in total. The molecule has 5 heteroatoms. The molecule has 29 heavy (non-hydrogen) atoms. The van der Waals surface area contributed by atoms with Crippen LogP contribution in [0, 0.1) is 0 Å². The highest BCUT2D eigenvalue weighted by molar-refractivity contribution is 6.02. The second kappa shape index (κ2) is 9.70. The third-order valence-corrected chi connectivity index (χ3v) is 6.05. The second-order valence-corrected chi connectivity index (χ2v) is 8.03. The number of benzene rings is 2. The molecule has 2 aromatic rings. The van der Waals surface area contributed by atoms with Gasteiger partial charge in [-0.2, -0.15) is 5.10 Å². The van der Waals surface area contributed by atoms with Crippen LogP contribution < -0.4 is 15.2 Å². The quantitative estimate of drug-likeness (QED) is 0.605. The van der Waals surface area contributed by atoms with Crippen LogP contribution in [0.1, 0.15) is 36.8 Å². The number of nitrogens with one attached hydrogen (secondary N) is 2. The highest BCUT2D eigenvalue weighted by Gasteiger charge is 2.21. The topological polar surface area (TPSA) is 49.1 Å². The number of anilines is 1. The van der Waals surface area contributed by atoms with E-state index < -0.39 is 0 Å². The lowest BCUT2D eigenvalue weighted by Crippen LogP contribution is -3.15. The predicted molar refractivity (Wildman–Crippen MR) is 118 cm³/mol. The fourth-order valence-electron chi connectivity index (χ4n) is 4.32. The number of fused-ring (bicyclic) bond motifs is 1. The summed E-state index contributed by atoms with van der Waals surface area (Å²) in [5.74, 6) is 0.0252. The van der Waals surface area contributed by atoms with E-state index in [-0.39, 0.29) is 5.91 Å². The number of hydrazone groups is 1. The summed E-state index contributed by atoms with van der Waals surface area (Å²) in [6, 6.07) is 19.0. The zero-order chi connectivity index (χ0) is 19.9. The summed E-state index contributed by atoms with van der Waals surface area (Å²) in [6.07, 6.45) is 4.87. The van der Waals surface area contributed by atoms with Gasteiger partial charge in [-0.15, -0.1) is 0 Å².